The summed E-state index contributed by atoms with van der Waals surface area (Å²) >= 11 is 0. The van der Waals surface area contributed by atoms with Crippen molar-refractivity contribution in [2.45, 2.75) is 25.0 Å². The highest BCUT2D eigenvalue weighted by Gasteiger charge is 2.27. The molecule has 0 aliphatic carbocycles. The van der Waals surface area contributed by atoms with E-state index in [2.05, 4.69) is 17.0 Å². The number of likely N-dealkylation sites (tertiary alicyclic amines) is 1. The smallest absolute Gasteiger partial charge is 0.122 e. The number of aliphatic hydroxyl groups excluding tert-OH is 1. The van der Waals surface area contributed by atoms with Gasteiger partial charge in [-0.3, -0.25) is 0 Å². The first kappa shape index (κ1) is 17.9. The molecule has 0 saturated carbocycles. The van der Waals surface area contributed by atoms with Crippen LogP contribution in [0.15, 0.2) is 54.6 Å². The van der Waals surface area contributed by atoms with Crippen LogP contribution in [0.4, 0.5) is 0 Å². The highest BCUT2D eigenvalue weighted by molar-refractivity contribution is 5.37. The molecule has 1 saturated heterocycles. The maximum Gasteiger partial charge on any atom is 0.122 e. The summed E-state index contributed by atoms with van der Waals surface area (Å²) in [5.74, 6) is 1.43. The topological polar surface area (TPSA) is 41.9 Å². The van der Waals surface area contributed by atoms with Crippen molar-refractivity contribution in [3.8, 4) is 5.75 Å². The Balaban J connectivity index is 1.43. The van der Waals surface area contributed by atoms with Gasteiger partial charge in [0.05, 0.1) is 26.4 Å². The minimum absolute atomic E-state index is 0.366. The van der Waals surface area contributed by atoms with Crippen molar-refractivity contribution in [3.63, 3.8) is 0 Å². The Morgan fingerprint density at radius 1 is 1.12 bits per heavy atom. The Bertz CT molecular complexity index is 647. The summed E-state index contributed by atoms with van der Waals surface area (Å²) in [5, 5.41) is 10.3. The van der Waals surface area contributed by atoms with E-state index < -0.39 is 6.10 Å². The molecule has 25 heavy (non-hydrogen) atoms. The fourth-order valence-corrected chi connectivity index (χ4v) is 3.49. The fourth-order valence-electron chi connectivity index (χ4n) is 3.49. The van der Waals surface area contributed by atoms with Gasteiger partial charge in [0.1, 0.15) is 5.75 Å². The predicted octanol–water partition coefficient (Wildman–Crippen LogP) is 3.06. The summed E-state index contributed by atoms with van der Waals surface area (Å²) in [7, 11) is 1.72. The van der Waals surface area contributed by atoms with E-state index in [4.69, 9.17) is 9.47 Å². The van der Waals surface area contributed by atoms with E-state index in [1.807, 2.05) is 42.5 Å². The molecule has 1 aliphatic rings. The molecule has 2 atom stereocenters. The summed E-state index contributed by atoms with van der Waals surface area (Å²) in [4.78, 5) is 2.31. The number of ether oxygens (including phenoxy) is 2. The van der Waals surface area contributed by atoms with Crippen molar-refractivity contribution in [2.75, 3.05) is 33.4 Å². The molecular formula is C21H27NO3. The average molecular weight is 341 g/mol. The van der Waals surface area contributed by atoms with Crippen LogP contribution in [-0.4, -0.2) is 49.5 Å². The molecular weight excluding hydrogens is 314 g/mol. The lowest BCUT2D eigenvalue weighted by atomic mass is 9.97. The molecule has 0 amide bonds. The molecule has 0 aromatic heterocycles. The molecule has 2 aromatic carbocycles. The predicted molar refractivity (Wildman–Crippen MR) is 98.9 cm³/mol. The Hall–Kier alpha value is -1.88. The molecule has 4 nitrogen and oxygen atoms in total. The molecule has 3 rings (SSSR count). The normalized spacial score (nSPS) is 19.0. The molecule has 0 radical (unpaired) electrons. The molecule has 1 heterocycles. The van der Waals surface area contributed by atoms with E-state index in [1.54, 1.807) is 7.11 Å². The zero-order valence-electron chi connectivity index (χ0n) is 14.8. The highest BCUT2D eigenvalue weighted by Crippen LogP contribution is 2.33. The SMILES string of the molecule is COc1ccccc1C1CCN(CC(O)COCc2ccccc2)C1. The Kier molecular flexibility index (Phi) is 6.45. The van der Waals surface area contributed by atoms with Crippen molar-refractivity contribution in [3.05, 3.63) is 65.7 Å². The second kappa shape index (κ2) is 8.99. The van der Waals surface area contributed by atoms with Crippen molar-refractivity contribution < 1.29 is 14.6 Å². The van der Waals surface area contributed by atoms with Crippen LogP contribution in [0, 0.1) is 0 Å². The van der Waals surface area contributed by atoms with Crippen LogP contribution in [0.5, 0.6) is 5.75 Å². The van der Waals surface area contributed by atoms with Gasteiger partial charge in [0, 0.05) is 19.0 Å². The lowest BCUT2D eigenvalue weighted by Gasteiger charge is -2.20. The minimum Gasteiger partial charge on any atom is -0.496 e. The number of rotatable bonds is 8. The van der Waals surface area contributed by atoms with Crippen LogP contribution in [0.3, 0.4) is 0 Å². The first-order valence-electron chi connectivity index (χ1n) is 8.91. The highest BCUT2D eigenvalue weighted by atomic mass is 16.5. The number of methoxy groups -OCH3 is 1. The van der Waals surface area contributed by atoms with Crippen LogP contribution in [0.1, 0.15) is 23.5 Å². The number of nitrogens with zero attached hydrogens (tertiary/aromatic N) is 1. The number of hydrogen-bond acceptors (Lipinski definition) is 4. The van der Waals surface area contributed by atoms with Crippen LogP contribution in [0.25, 0.3) is 0 Å². The van der Waals surface area contributed by atoms with Crippen molar-refractivity contribution >= 4 is 0 Å². The van der Waals surface area contributed by atoms with Gasteiger partial charge in [0.25, 0.3) is 0 Å². The van der Waals surface area contributed by atoms with Crippen LogP contribution in [0.2, 0.25) is 0 Å². The van der Waals surface area contributed by atoms with Gasteiger partial charge in [0.2, 0.25) is 0 Å². The summed E-state index contributed by atoms with van der Waals surface area (Å²) in [6.07, 6.45) is 0.637. The third-order valence-corrected chi connectivity index (χ3v) is 4.74. The summed E-state index contributed by atoms with van der Waals surface area (Å²) in [5.41, 5.74) is 2.40. The van der Waals surface area contributed by atoms with Crippen molar-refractivity contribution in [1.29, 1.82) is 0 Å². The summed E-state index contributed by atoms with van der Waals surface area (Å²) in [6.45, 7) is 3.52. The van der Waals surface area contributed by atoms with Gasteiger partial charge in [-0.15, -0.1) is 0 Å². The van der Waals surface area contributed by atoms with E-state index in [0.29, 0.717) is 25.7 Å². The first-order chi connectivity index (χ1) is 12.3. The van der Waals surface area contributed by atoms with Gasteiger partial charge in [-0.05, 0) is 30.2 Å². The number of aliphatic hydroxyl groups is 1. The second-order valence-corrected chi connectivity index (χ2v) is 6.64. The van der Waals surface area contributed by atoms with Gasteiger partial charge in [-0.1, -0.05) is 48.5 Å². The zero-order chi connectivity index (χ0) is 17.5. The molecule has 0 bridgehead atoms. The third kappa shape index (κ3) is 5.05. The molecule has 4 heteroatoms. The third-order valence-electron chi connectivity index (χ3n) is 4.74. The van der Waals surface area contributed by atoms with E-state index in [0.717, 1.165) is 30.8 Å². The molecule has 1 fully saturated rings. The van der Waals surface area contributed by atoms with Crippen molar-refractivity contribution in [1.82, 2.24) is 4.90 Å². The molecule has 134 valence electrons. The maximum atomic E-state index is 10.3. The molecule has 2 aromatic rings. The van der Waals surface area contributed by atoms with Gasteiger partial charge >= 0.3 is 0 Å². The Morgan fingerprint density at radius 2 is 1.88 bits per heavy atom. The molecule has 1 aliphatic heterocycles. The van der Waals surface area contributed by atoms with Gasteiger partial charge in [-0.2, -0.15) is 0 Å². The van der Waals surface area contributed by atoms with Gasteiger partial charge in [-0.25, -0.2) is 0 Å². The van der Waals surface area contributed by atoms with Crippen LogP contribution >= 0.6 is 0 Å². The number of hydrogen-bond donors (Lipinski definition) is 1. The zero-order valence-corrected chi connectivity index (χ0v) is 14.8. The quantitative estimate of drug-likeness (QED) is 0.801. The van der Waals surface area contributed by atoms with Crippen LogP contribution in [-0.2, 0) is 11.3 Å². The number of β-amino-alcohol motifs (C(OH)–C–C–N with tert-alkyl or cyclic N) is 1. The number of para-hydroxylation sites is 1. The molecule has 0 spiro atoms. The van der Waals surface area contributed by atoms with Gasteiger partial charge in [0.15, 0.2) is 0 Å². The first-order valence-corrected chi connectivity index (χ1v) is 8.91. The second-order valence-electron chi connectivity index (χ2n) is 6.64. The van der Waals surface area contributed by atoms with E-state index in [1.165, 1.54) is 5.56 Å². The van der Waals surface area contributed by atoms with E-state index in [-0.39, 0.29) is 0 Å². The Labute approximate surface area is 150 Å². The standard InChI is InChI=1S/C21H27NO3/c1-24-21-10-6-5-9-20(21)18-11-12-22(13-18)14-19(23)16-25-15-17-7-3-2-4-8-17/h2-10,18-19,23H,11-16H2,1H3. The monoisotopic (exact) mass is 341 g/mol. The average Bonchev–Trinajstić information content (AvgIpc) is 3.10. The molecule has 1 N–H and O–H groups in total. The fraction of sp³-hybridized carbons (Fsp3) is 0.429. The lowest BCUT2D eigenvalue weighted by molar-refractivity contribution is 0.0132. The van der Waals surface area contributed by atoms with Crippen LogP contribution < -0.4 is 4.74 Å². The number of benzene rings is 2. The van der Waals surface area contributed by atoms with Gasteiger partial charge < -0.3 is 19.5 Å². The summed E-state index contributed by atoms with van der Waals surface area (Å²) < 4.78 is 11.1. The largest absolute Gasteiger partial charge is 0.496 e. The molecule has 2 unspecified atom stereocenters. The van der Waals surface area contributed by atoms with E-state index >= 15 is 0 Å². The summed E-state index contributed by atoms with van der Waals surface area (Å²) in [6, 6.07) is 18.3. The van der Waals surface area contributed by atoms with E-state index in [9.17, 15) is 5.11 Å². The minimum atomic E-state index is -0.458. The maximum absolute atomic E-state index is 10.3. The lowest BCUT2D eigenvalue weighted by Crippen LogP contribution is -2.33. The van der Waals surface area contributed by atoms with Crippen molar-refractivity contribution in [2.24, 2.45) is 0 Å². The Morgan fingerprint density at radius 3 is 2.68 bits per heavy atom.